The van der Waals surface area contributed by atoms with Gasteiger partial charge in [-0.2, -0.15) is 0 Å². The van der Waals surface area contributed by atoms with Crippen molar-refractivity contribution in [3.8, 4) is 11.3 Å². The van der Waals surface area contributed by atoms with Crippen molar-refractivity contribution < 1.29 is 0 Å². The van der Waals surface area contributed by atoms with Crippen molar-refractivity contribution >= 4 is 5.82 Å². The van der Waals surface area contributed by atoms with E-state index < -0.39 is 0 Å². The smallest absolute Gasteiger partial charge is 0.176 e. The molecule has 0 aliphatic heterocycles. The number of hydrogen-bond acceptors (Lipinski definition) is 5. The van der Waals surface area contributed by atoms with Crippen LogP contribution in [0.3, 0.4) is 0 Å². The van der Waals surface area contributed by atoms with E-state index in [-0.39, 0.29) is 0 Å². The Morgan fingerprint density at radius 1 is 1.07 bits per heavy atom. The summed E-state index contributed by atoms with van der Waals surface area (Å²) < 4.78 is 0. The van der Waals surface area contributed by atoms with Crippen LogP contribution in [0.5, 0.6) is 0 Å². The Bertz CT molecular complexity index is 411. The summed E-state index contributed by atoms with van der Waals surface area (Å²) >= 11 is 0. The molecule has 2 N–H and O–H groups in total. The maximum absolute atomic E-state index is 5.65. The lowest BCUT2D eigenvalue weighted by molar-refractivity contribution is 0.773. The number of nitrogen functional groups attached to an aromatic ring is 1. The maximum Gasteiger partial charge on any atom is 0.176 e. The number of benzene rings is 1. The third-order valence-corrected chi connectivity index (χ3v) is 1.98. The van der Waals surface area contributed by atoms with Crippen LogP contribution in [-0.2, 0) is 0 Å². The maximum atomic E-state index is 5.65. The van der Waals surface area contributed by atoms with E-state index in [4.69, 9.17) is 5.73 Å². The van der Waals surface area contributed by atoms with Crippen molar-refractivity contribution in [1.29, 1.82) is 0 Å². The molecule has 5 nitrogen and oxygen atoms in total. The third kappa shape index (κ3) is 1.39. The van der Waals surface area contributed by atoms with Crippen molar-refractivity contribution in [2.75, 3.05) is 5.73 Å². The first-order chi connectivity index (χ1) is 6.79. The van der Waals surface area contributed by atoms with Crippen molar-refractivity contribution in [1.82, 2.24) is 20.6 Å². The number of rotatable bonds is 1. The topological polar surface area (TPSA) is 77.6 Å². The summed E-state index contributed by atoms with van der Waals surface area (Å²) in [6.45, 7) is 1.98. The van der Waals surface area contributed by atoms with Crippen LogP contribution in [0.2, 0.25) is 0 Å². The van der Waals surface area contributed by atoms with Gasteiger partial charge in [-0.3, -0.25) is 0 Å². The van der Waals surface area contributed by atoms with Gasteiger partial charge in [0.15, 0.2) is 5.82 Å². The lowest BCUT2D eigenvalue weighted by atomic mass is 10.1. The van der Waals surface area contributed by atoms with Crippen LogP contribution in [0.15, 0.2) is 24.3 Å². The quantitative estimate of drug-likeness (QED) is 0.715. The SMILES string of the molecule is Cc1ccccc1-c1nnnnc1N. The Morgan fingerprint density at radius 3 is 2.50 bits per heavy atom. The molecule has 0 amide bonds. The molecular formula is C9H9N5. The van der Waals surface area contributed by atoms with Gasteiger partial charge >= 0.3 is 0 Å². The molecule has 0 radical (unpaired) electrons. The van der Waals surface area contributed by atoms with Gasteiger partial charge in [-0.1, -0.05) is 24.3 Å². The Labute approximate surface area is 81.0 Å². The average Bonchev–Trinajstić information content (AvgIpc) is 2.20. The summed E-state index contributed by atoms with van der Waals surface area (Å²) in [4.78, 5) is 0. The minimum absolute atomic E-state index is 0.300. The van der Waals surface area contributed by atoms with Gasteiger partial charge in [0.25, 0.3) is 0 Å². The molecule has 0 saturated heterocycles. The Hall–Kier alpha value is -2.04. The van der Waals surface area contributed by atoms with E-state index in [2.05, 4.69) is 20.6 Å². The molecule has 0 atom stereocenters. The zero-order chi connectivity index (χ0) is 9.97. The Balaban J connectivity index is 2.61. The van der Waals surface area contributed by atoms with Gasteiger partial charge in [-0.15, -0.1) is 10.2 Å². The number of aryl methyl sites for hydroxylation is 1. The van der Waals surface area contributed by atoms with Gasteiger partial charge in [-0.05, 0) is 22.9 Å². The molecule has 0 spiro atoms. The van der Waals surface area contributed by atoms with Crippen LogP contribution >= 0.6 is 0 Å². The zero-order valence-electron chi connectivity index (χ0n) is 7.68. The molecule has 1 heterocycles. The third-order valence-electron chi connectivity index (χ3n) is 1.98. The van der Waals surface area contributed by atoms with E-state index in [0.717, 1.165) is 11.1 Å². The van der Waals surface area contributed by atoms with E-state index in [1.807, 2.05) is 31.2 Å². The lowest BCUT2D eigenvalue weighted by Gasteiger charge is -2.03. The monoisotopic (exact) mass is 187 g/mol. The molecule has 5 heteroatoms. The van der Waals surface area contributed by atoms with E-state index in [1.54, 1.807) is 0 Å². The standard InChI is InChI=1S/C9H9N5/c1-6-4-2-3-5-7(6)8-9(10)12-14-13-11-8/h2-5H,1H3,(H2,10,12,13). The van der Waals surface area contributed by atoms with Crippen LogP contribution in [0, 0.1) is 6.92 Å². The second kappa shape index (κ2) is 3.37. The molecule has 0 aliphatic rings. The summed E-state index contributed by atoms with van der Waals surface area (Å²) in [6, 6.07) is 7.79. The van der Waals surface area contributed by atoms with Crippen LogP contribution < -0.4 is 5.73 Å². The molecule has 70 valence electrons. The molecule has 0 saturated carbocycles. The first-order valence-corrected chi connectivity index (χ1v) is 4.16. The van der Waals surface area contributed by atoms with Gasteiger partial charge < -0.3 is 5.73 Å². The van der Waals surface area contributed by atoms with Crippen LogP contribution in [-0.4, -0.2) is 20.6 Å². The van der Waals surface area contributed by atoms with Gasteiger partial charge in [0.1, 0.15) is 5.69 Å². The molecule has 0 aliphatic carbocycles. The molecule has 14 heavy (non-hydrogen) atoms. The minimum Gasteiger partial charge on any atom is -0.380 e. The van der Waals surface area contributed by atoms with Crippen molar-refractivity contribution in [3.05, 3.63) is 29.8 Å². The van der Waals surface area contributed by atoms with Crippen molar-refractivity contribution in [2.45, 2.75) is 6.92 Å². The second-order valence-corrected chi connectivity index (χ2v) is 2.93. The molecule has 1 aromatic heterocycles. The highest BCUT2D eigenvalue weighted by atomic mass is 15.4. The first-order valence-electron chi connectivity index (χ1n) is 4.16. The van der Waals surface area contributed by atoms with E-state index in [0.29, 0.717) is 11.5 Å². The predicted molar refractivity (Wildman–Crippen MR) is 52.2 cm³/mol. The van der Waals surface area contributed by atoms with Crippen LogP contribution in [0.1, 0.15) is 5.56 Å². The fourth-order valence-corrected chi connectivity index (χ4v) is 1.26. The second-order valence-electron chi connectivity index (χ2n) is 2.93. The molecular weight excluding hydrogens is 178 g/mol. The summed E-state index contributed by atoms with van der Waals surface area (Å²) in [5.41, 5.74) is 8.25. The first kappa shape index (κ1) is 8.55. The summed E-state index contributed by atoms with van der Waals surface area (Å²) in [5.74, 6) is 0.300. The fourth-order valence-electron chi connectivity index (χ4n) is 1.26. The van der Waals surface area contributed by atoms with Gasteiger partial charge in [0.05, 0.1) is 0 Å². The highest BCUT2D eigenvalue weighted by molar-refractivity contribution is 5.71. The number of aromatic nitrogens is 4. The summed E-state index contributed by atoms with van der Waals surface area (Å²) in [6.07, 6.45) is 0. The Morgan fingerprint density at radius 2 is 1.79 bits per heavy atom. The highest BCUT2D eigenvalue weighted by Crippen LogP contribution is 2.23. The molecule has 1 aromatic carbocycles. The van der Waals surface area contributed by atoms with Gasteiger partial charge in [0, 0.05) is 5.56 Å². The van der Waals surface area contributed by atoms with E-state index in [1.165, 1.54) is 0 Å². The van der Waals surface area contributed by atoms with E-state index >= 15 is 0 Å². The predicted octanol–water partition coefficient (Wildman–Crippen LogP) is 0.824. The van der Waals surface area contributed by atoms with Crippen LogP contribution in [0.4, 0.5) is 5.82 Å². The van der Waals surface area contributed by atoms with Crippen molar-refractivity contribution in [2.24, 2.45) is 0 Å². The summed E-state index contributed by atoms with van der Waals surface area (Å²) in [7, 11) is 0. The normalized spacial score (nSPS) is 10.1. The van der Waals surface area contributed by atoms with Gasteiger partial charge in [-0.25, -0.2) is 0 Å². The fraction of sp³-hybridized carbons (Fsp3) is 0.111. The molecule has 0 fully saturated rings. The zero-order valence-corrected chi connectivity index (χ0v) is 7.68. The number of hydrogen-bond donors (Lipinski definition) is 1. The highest BCUT2D eigenvalue weighted by Gasteiger charge is 2.07. The number of nitrogens with zero attached hydrogens (tertiary/aromatic N) is 4. The molecule has 2 aromatic rings. The molecule has 0 unspecified atom stereocenters. The van der Waals surface area contributed by atoms with Crippen molar-refractivity contribution in [3.63, 3.8) is 0 Å². The average molecular weight is 187 g/mol. The molecule has 2 rings (SSSR count). The number of anilines is 1. The lowest BCUT2D eigenvalue weighted by Crippen LogP contribution is -2.02. The number of nitrogens with two attached hydrogens (primary N) is 1. The van der Waals surface area contributed by atoms with Crippen LogP contribution in [0.25, 0.3) is 11.3 Å². The largest absolute Gasteiger partial charge is 0.380 e. The van der Waals surface area contributed by atoms with E-state index in [9.17, 15) is 0 Å². The molecule has 0 bridgehead atoms. The minimum atomic E-state index is 0.300. The Kier molecular flexibility index (Phi) is 2.06. The van der Waals surface area contributed by atoms with Gasteiger partial charge in [0.2, 0.25) is 0 Å². The summed E-state index contributed by atoms with van der Waals surface area (Å²) in [5, 5.41) is 14.3.